The first-order chi connectivity index (χ1) is 30.6. The second-order valence-corrected chi connectivity index (χ2v) is 19.6. The smallest absolute Gasteiger partial charge is 0.303 e. The molecule has 0 saturated carbocycles. The van der Waals surface area contributed by atoms with Gasteiger partial charge < -0.3 is 24.6 Å². The molecule has 2 heterocycles. The highest BCUT2D eigenvalue weighted by molar-refractivity contribution is 7.94. The Labute approximate surface area is 379 Å². The zero-order chi connectivity index (χ0) is 45.6. The van der Waals surface area contributed by atoms with E-state index in [1.807, 2.05) is 12.1 Å². The second-order valence-electron chi connectivity index (χ2n) is 17.5. The van der Waals surface area contributed by atoms with E-state index in [-0.39, 0.29) is 22.5 Å². The number of hydrogen-bond acceptors (Lipinski definition) is 10. The van der Waals surface area contributed by atoms with E-state index in [1.54, 1.807) is 6.07 Å². The normalized spacial score (nSPS) is 18.2. The van der Waals surface area contributed by atoms with Gasteiger partial charge in [-0.25, -0.2) is 12.8 Å². The first-order valence-electron chi connectivity index (χ1n) is 21.7. The highest BCUT2D eigenvalue weighted by Crippen LogP contribution is 2.49. The lowest BCUT2D eigenvalue weighted by molar-refractivity contribution is -0.777. The summed E-state index contributed by atoms with van der Waals surface area (Å²) in [5.74, 6) is 0.464. The van der Waals surface area contributed by atoms with Crippen LogP contribution in [0.5, 0.6) is 5.75 Å². The third-order valence-corrected chi connectivity index (χ3v) is 14.0. The summed E-state index contributed by atoms with van der Waals surface area (Å²) in [6.45, 7) is 10.00. The first kappa shape index (κ1) is 46.9. The molecule has 4 aromatic carbocycles. The maximum atomic E-state index is 14.8. The molecule has 0 fully saturated rings. The number of unbranched alkanes of at least 4 members (excludes halogenated alkanes) is 3. The summed E-state index contributed by atoms with van der Waals surface area (Å²) in [4.78, 5) is 13.0. The number of aliphatic carboxylic acids is 1. The van der Waals surface area contributed by atoms with E-state index < -0.39 is 21.5 Å². The summed E-state index contributed by atoms with van der Waals surface area (Å²) in [5, 5.41) is 25.4. The van der Waals surface area contributed by atoms with Crippen molar-refractivity contribution >= 4 is 56.0 Å². The van der Waals surface area contributed by atoms with Crippen molar-refractivity contribution in [1.29, 1.82) is 0 Å². The molecule has 7 rings (SSSR count). The third kappa shape index (κ3) is 10.2. The van der Waals surface area contributed by atoms with Crippen molar-refractivity contribution in [3.63, 3.8) is 0 Å². The number of rotatable bonds is 19. The number of halogens is 1. The Kier molecular flexibility index (Phi) is 14.6. The number of allylic oxidation sites excluding steroid dienone is 7. The summed E-state index contributed by atoms with van der Waals surface area (Å²) >= 11 is 0.987. The molecule has 0 atom stereocenters. The quantitative estimate of drug-likeness (QED) is 0.0239. The van der Waals surface area contributed by atoms with Crippen molar-refractivity contribution in [2.24, 2.45) is 0 Å². The van der Waals surface area contributed by atoms with Gasteiger partial charge in [0.1, 0.15) is 34.0 Å². The average molecular weight is 910 g/mol. The van der Waals surface area contributed by atoms with E-state index >= 15 is 0 Å². The lowest BCUT2D eigenvalue weighted by Gasteiger charge is -2.27. The molecule has 1 N–H and O–H groups in total. The molecule has 1 aliphatic carbocycles. The van der Waals surface area contributed by atoms with Crippen molar-refractivity contribution in [3.05, 3.63) is 143 Å². The van der Waals surface area contributed by atoms with Crippen LogP contribution in [-0.4, -0.2) is 53.2 Å². The molecule has 0 aromatic heterocycles. The third-order valence-electron chi connectivity index (χ3n) is 12.5. The number of anilines is 1. The predicted octanol–water partition coefficient (Wildman–Crippen LogP) is 10.2. The molecule has 0 unspecified atom stereocenters. The van der Waals surface area contributed by atoms with Crippen molar-refractivity contribution in [2.75, 3.05) is 23.7 Å². The molecule has 0 saturated heterocycles. The molecule has 338 valence electrons. The van der Waals surface area contributed by atoms with Gasteiger partial charge in [-0.1, -0.05) is 50.6 Å². The summed E-state index contributed by atoms with van der Waals surface area (Å²) in [7, 11) is -4.67. The Bertz CT molecular complexity index is 2670. The zero-order valence-corrected chi connectivity index (χ0v) is 38.2. The molecule has 4 aromatic rings. The molecule has 11 nitrogen and oxygen atoms in total. The summed E-state index contributed by atoms with van der Waals surface area (Å²) < 4.78 is 63.8. The molecule has 64 heavy (non-hydrogen) atoms. The van der Waals surface area contributed by atoms with Gasteiger partial charge in [0.05, 0.1) is 10.3 Å². The van der Waals surface area contributed by atoms with Gasteiger partial charge in [-0.05, 0) is 141 Å². The van der Waals surface area contributed by atoms with Gasteiger partial charge in [0.15, 0.2) is 5.71 Å². The number of benzene rings is 4. The first-order valence-corrected chi connectivity index (χ1v) is 24.0. The van der Waals surface area contributed by atoms with Gasteiger partial charge in [-0.15, -0.1) is 0 Å². The van der Waals surface area contributed by atoms with E-state index in [0.29, 0.717) is 43.1 Å². The molecule has 0 radical (unpaired) electrons. The Balaban J connectivity index is 1.30. The fourth-order valence-electron chi connectivity index (χ4n) is 9.38. The number of fused-ring (bicyclic) bond motifs is 4. The fraction of sp³-hybridized carbons (Fsp3) is 0.360. The van der Waals surface area contributed by atoms with E-state index in [2.05, 4.69) is 101 Å². The highest BCUT2D eigenvalue weighted by Gasteiger charge is 2.45. The lowest BCUT2D eigenvalue weighted by atomic mass is 9.78. The van der Waals surface area contributed by atoms with Crippen LogP contribution in [0.2, 0.25) is 0 Å². The van der Waals surface area contributed by atoms with Crippen molar-refractivity contribution in [2.45, 2.75) is 101 Å². The van der Waals surface area contributed by atoms with Crippen LogP contribution in [0.1, 0.15) is 96.6 Å². The standard InChI is InChI=1S/C50H55FN2O9S2/c1-49(2)41-33-37(51)21-27-42(41)52(30-9-5-6-17-46(54)55)44(49)28-19-35-14-12-15-36(48(35)60-38-22-24-39(25-23-38)64(57,58)59)20-29-45-50(3,4)47-40-16-8-7-13-34(40)18-26-43(47)53(45)31-10-11-32-63-62-61-56/h7-8,13,16,18-29,33H,5-6,9-12,14-15,17,30-32H2,1-4H3,(H2-,54,55,56,57,58,59)/p-1. The lowest BCUT2D eigenvalue weighted by Crippen LogP contribution is -2.28. The van der Waals surface area contributed by atoms with Crippen molar-refractivity contribution in [3.8, 4) is 5.75 Å². The van der Waals surface area contributed by atoms with Crippen molar-refractivity contribution < 1.29 is 51.2 Å². The number of carboxylic acids is 1. The van der Waals surface area contributed by atoms with Crippen LogP contribution in [0.4, 0.5) is 15.8 Å². The highest BCUT2D eigenvalue weighted by atomic mass is 32.2. The fourth-order valence-corrected chi connectivity index (χ4v) is 10.3. The minimum Gasteiger partial charge on any atom is -0.744 e. The largest absolute Gasteiger partial charge is 0.744 e. The van der Waals surface area contributed by atoms with E-state index in [1.165, 1.54) is 41.3 Å². The molecule has 14 heteroatoms. The Morgan fingerprint density at radius 2 is 1.70 bits per heavy atom. The van der Waals surface area contributed by atoms with Gasteiger partial charge >= 0.3 is 5.97 Å². The van der Waals surface area contributed by atoms with Crippen LogP contribution in [-0.2, 0) is 35.1 Å². The Hall–Kier alpha value is -5.09. The van der Waals surface area contributed by atoms with Gasteiger partial charge in [0.2, 0.25) is 5.69 Å². The van der Waals surface area contributed by atoms with E-state index in [9.17, 15) is 32.5 Å². The minimum atomic E-state index is -4.67. The van der Waals surface area contributed by atoms with Gasteiger partial charge in [0, 0.05) is 71.7 Å². The van der Waals surface area contributed by atoms with Gasteiger partial charge in [-0.2, -0.15) is 8.91 Å². The van der Waals surface area contributed by atoms with Crippen LogP contribution in [0.3, 0.4) is 0 Å². The maximum absolute atomic E-state index is 14.8. The SMILES string of the molecule is CC1(C)C(/C=C/C2=C(Oc3ccc(S(=O)(=O)[O-])cc3)C(=C/C=C3/N(CCCCCC(=O)O)c4ccc(F)cc4C3(C)C)/CCC2)=[N+](CCCCSOO[O-])c2ccc3ccccc3c21. The minimum absolute atomic E-state index is 0.109. The van der Waals surface area contributed by atoms with Crippen molar-refractivity contribution in [1.82, 2.24) is 0 Å². The maximum Gasteiger partial charge on any atom is 0.303 e. The Morgan fingerprint density at radius 1 is 0.922 bits per heavy atom. The topological polar surface area (TPSA) is 152 Å². The molecule has 2 aliphatic heterocycles. The number of carboxylic acid groups (broad SMARTS) is 1. The Morgan fingerprint density at radius 3 is 2.45 bits per heavy atom. The summed E-state index contributed by atoms with van der Waals surface area (Å²) in [6.07, 6.45) is 14.5. The number of nitrogens with zero attached hydrogens (tertiary/aromatic N) is 2. The van der Waals surface area contributed by atoms with E-state index in [0.717, 1.165) is 95.6 Å². The van der Waals surface area contributed by atoms with Gasteiger partial charge in [-0.3, -0.25) is 9.83 Å². The molecule has 3 aliphatic rings. The van der Waals surface area contributed by atoms with Crippen LogP contribution in [0, 0.1) is 5.82 Å². The summed E-state index contributed by atoms with van der Waals surface area (Å²) in [6, 6.07) is 23.1. The van der Waals surface area contributed by atoms with Crippen LogP contribution >= 0.6 is 12.0 Å². The average Bonchev–Trinajstić information content (AvgIpc) is 3.60. The molecule has 0 spiro atoms. The summed E-state index contributed by atoms with van der Waals surface area (Å²) in [5.41, 5.74) is 7.16. The monoisotopic (exact) mass is 909 g/mol. The van der Waals surface area contributed by atoms with Gasteiger partial charge in [0.25, 0.3) is 0 Å². The van der Waals surface area contributed by atoms with Crippen LogP contribution < -0.4 is 14.9 Å². The zero-order valence-electron chi connectivity index (χ0n) is 36.6. The number of hydrogen-bond donors (Lipinski definition) is 1. The molecule has 0 bridgehead atoms. The predicted molar refractivity (Wildman–Crippen MR) is 245 cm³/mol. The second kappa shape index (κ2) is 20.0. The van der Waals surface area contributed by atoms with E-state index in [4.69, 9.17) is 4.74 Å². The molecular formula is C50H54FN2O9S2-. The number of ether oxygens (including phenoxy) is 1. The molecular weight excluding hydrogens is 856 g/mol. The van der Waals surface area contributed by atoms with Crippen LogP contribution in [0.25, 0.3) is 10.8 Å². The van der Waals surface area contributed by atoms with Crippen LogP contribution in [0.15, 0.2) is 131 Å². The molecule has 0 amide bonds. The number of carbonyl (C=O) groups is 1.